The maximum absolute atomic E-state index is 11.9. The van der Waals surface area contributed by atoms with E-state index in [4.69, 9.17) is 11.1 Å². The van der Waals surface area contributed by atoms with Crippen molar-refractivity contribution < 1.29 is 13.2 Å². The summed E-state index contributed by atoms with van der Waals surface area (Å²) >= 11 is 0. The second-order valence-electron chi connectivity index (χ2n) is 5.23. The van der Waals surface area contributed by atoms with Crippen molar-refractivity contribution in [2.24, 2.45) is 0 Å². The maximum Gasteiger partial charge on any atom is 0.416 e. The van der Waals surface area contributed by atoms with Crippen LogP contribution >= 0.6 is 0 Å². The third-order valence-corrected chi connectivity index (χ3v) is 3.34. The second-order valence-corrected chi connectivity index (χ2v) is 5.23. The summed E-state index contributed by atoms with van der Waals surface area (Å²) in [5, 5.41) is 7.97. The lowest BCUT2D eigenvalue weighted by atomic mass is 10.0. The number of hydrogen-bond acceptors (Lipinski definition) is 2. The van der Waals surface area contributed by atoms with Crippen LogP contribution in [0.3, 0.4) is 0 Å². The van der Waals surface area contributed by atoms with E-state index in [1.54, 1.807) is 0 Å². The molecule has 128 valence electrons. The molecule has 25 heavy (non-hydrogen) atoms. The first-order valence-electron chi connectivity index (χ1n) is 7.50. The van der Waals surface area contributed by atoms with Gasteiger partial charge in [0.2, 0.25) is 0 Å². The molecule has 0 heterocycles. The molecule has 0 saturated heterocycles. The average molecular weight is 342 g/mol. The molecular weight excluding hydrogens is 325 g/mol. The van der Waals surface area contributed by atoms with Gasteiger partial charge in [-0.2, -0.15) is 13.2 Å². The summed E-state index contributed by atoms with van der Waals surface area (Å²) in [6, 6.07) is 24.1. The van der Waals surface area contributed by atoms with Crippen molar-refractivity contribution in [3.63, 3.8) is 0 Å². The van der Waals surface area contributed by atoms with Crippen molar-refractivity contribution in [3.05, 3.63) is 102 Å². The van der Waals surface area contributed by atoms with Crippen molar-refractivity contribution >= 4 is 11.4 Å². The lowest BCUT2D eigenvalue weighted by molar-refractivity contribution is -0.137. The average Bonchev–Trinajstić information content (AvgIpc) is 2.62. The Kier molecular flexibility index (Phi) is 5.95. The number of halogens is 3. The molecule has 2 nitrogen and oxygen atoms in total. The van der Waals surface area contributed by atoms with Gasteiger partial charge in [-0.1, -0.05) is 66.7 Å². The number of alkyl halides is 3. The Morgan fingerprint density at radius 2 is 1.20 bits per heavy atom. The van der Waals surface area contributed by atoms with Crippen molar-refractivity contribution in [1.29, 1.82) is 5.41 Å². The molecule has 0 unspecified atom stereocenters. The van der Waals surface area contributed by atoms with E-state index in [0.29, 0.717) is 5.71 Å². The Morgan fingerprint density at radius 1 is 0.720 bits per heavy atom. The summed E-state index contributed by atoms with van der Waals surface area (Å²) < 4.78 is 35.7. The Morgan fingerprint density at radius 3 is 1.56 bits per heavy atom. The summed E-state index contributed by atoms with van der Waals surface area (Å²) in [7, 11) is 0. The van der Waals surface area contributed by atoms with E-state index in [-0.39, 0.29) is 5.69 Å². The molecule has 0 saturated carbocycles. The fraction of sp³-hybridized carbons (Fsp3) is 0.0500. The van der Waals surface area contributed by atoms with Gasteiger partial charge in [-0.15, -0.1) is 0 Å². The van der Waals surface area contributed by atoms with Gasteiger partial charge in [0, 0.05) is 5.69 Å². The SMILES string of the molecule is N=C(c1ccccc1)c1ccccc1.Nc1cccc(C(F)(F)F)c1. The van der Waals surface area contributed by atoms with Crippen LogP contribution < -0.4 is 5.73 Å². The molecular formula is C20H17F3N2. The number of benzene rings is 3. The molecule has 0 fully saturated rings. The molecule has 3 aromatic carbocycles. The Labute approximate surface area is 144 Å². The third-order valence-electron chi connectivity index (χ3n) is 3.34. The van der Waals surface area contributed by atoms with E-state index in [0.717, 1.165) is 23.3 Å². The Bertz CT molecular complexity index is 772. The minimum Gasteiger partial charge on any atom is -0.399 e. The Hall–Kier alpha value is -3.08. The molecule has 0 amide bonds. The van der Waals surface area contributed by atoms with Crippen molar-refractivity contribution in [2.75, 3.05) is 5.73 Å². The standard InChI is InChI=1S/C13H11N.C7H6F3N/c14-13(11-7-3-1-4-8-11)12-9-5-2-6-10-12;8-7(9,10)5-2-1-3-6(11)4-5/h1-10,14H;1-4H,11H2. The van der Waals surface area contributed by atoms with Gasteiger partial charge >= 0.3 is 6.18 Å². The van der Waals surface area contributed by atoms with E-state index in [1.165, 1.54) is 12.1 Å². The molecule has 5 heteroatoms. The van der Waals surface area contributed by atoms with Crippen LogP contribution in [-0.4, -0.2) is 5.71 Å². The number of hydrogen-bond donors (Lipinski definition) is 2. The lowest BCUT2D eigenvalue weighted by Gasteiger charge is -2.05. The predicted octanol–water partition coefficient (Wildman–Crippen LogP) is 5.39. The minimum absolute atomic E-state index is 0.125. The number of rotatable bonds is 2. The van der Waals surface area contributed by atoms with Gasteiger partial charge in [-0.05, 0) is 29.3 Å². The van der Waals surface area contributed by atoms with E-state index in [1.807, 2.05) is 60.7 Å². The largest absolute Gasteiger partial charge is 0.416 e. The maximum atomic E-state index is 11.9. The van der Waals surface area contributed by atoms with E-state index in [9.17, 15) is 13.2 Å². The number of nitrogens with one attached hydrogen (secondary N) is 1. The normalized spacial score (nSPS) is 10.5. The van der Waals surface area contributed by atoms with Gasteiger partial charge in [0.1, 0.15) is 0 Å². The van der Waals surface area contributed by atoms with Crippen LogP contribution in [0.5, 0.6) is 0 Å². The first-order valence-corrected chi connectivity index (χ1v) is 7.50. The molecule has 0 spiro atoms. The molecule has 0 aliphatic heterocycles. The van der Waals surface area contributed by atoms with Crippen LogP contribution in [0.1, 0.15) is 16.7 Å². The van der Waals surface area contributed by atoms with Crippen LogP contribution in [0.15, 0.2) is 84.9 Å². The third kappa shape index (κ3) is 5.49. The predicted molar refractivity (Wildman–Crippen MR) is 94.7 cm³/mol. The molecule has 0 bridgehead atoms. The van der Waals surface area contributed by atoms with Crippen LogP contribution in [-0.2, 0) is 6.18 Å². The van der Waals surface area contributed by atoms with Gasteiger partial charge in [0.25, 0.3) is 0 Å². The zero-order valence-corrected chi connectivity index (χ0v) is 13.3. The van der Waals surface area contributed by atoms with Crippen molar-refractivity contribution in [2.45, 2.75) is 6.18 Å². The number of anilines is 1. The van der Waals surface area contributed by atoms with Crippen LogP contribution in [0.2, 0.25) is 0 Å². The lowest BCUT2D eigenvalue weighted by Crippen LogP contribution is -2.04. The molecule has 0 atom stereocenters. The monoisotopic (exact) mass is 342 g/mol. The quantitative estimate of drug-likeness (QED) is 0.476. The van der Waals surface area contributed by atoms with E-state index >= 15 is 0 Å². The molecule has 3 N–H and O–H groups in total. The topological polar surface area (TPSA) is 49.9 Å². The smallest absolute Gasteiger partial charge is 0.399 e. The fourth-order valence-corrected chi connectivity index (χ4v) is 2.09. The van der Waals surface area contributed by atoms with Gasteiger partial charge in [-0.3, -0.25) is 5.41 Å². The fourth-order valence-electron chi connectivity index (χ4n) is 2.09. The zero-order chi connectivity index (χ0) is 18.3. The van der Waals surface area contributed by atoms with Gasteiger partial charge in [0.15, 0.2) is 0 Å². The second kappa shape index (κ2) is 8.15. The highest BCUT2D eigenvalue weighted by Gasteiger charge is 2.30. The highest BCUT2D eigenvalue weighted by molar-refractivity contribution is 6.10. The van der Waals surface area contributed by atoms with Gasteiger partial charge in [0.05, 0.1) is 11.3 Å². The molecule has 0 aliphatic rings. The van der Waals surface area contributed by atoms with E-state index < -0.39 is 11.7 Å². The molecule has 0 radical (unpaired) electrons. The summed E-state index contributed by atoms with van der Waals surface area (Å²) in [6.45, 7) is 0. The summed E-state index contributed by atoms with van der Waals surface area (Å²) in [4.78, 5) is 0. The van der Waals surface area contributed by atoms with Gasteiger partial charge < -0.3 is 5.73 Å². The molecule has 3 aromatic rings. The van der Waals surface area contributed by atoms with Crippen LogP contribution in [0, 0.1) is 5.41 Å². The molecule has 3 rings (SSSR count). The number of nitrogen functional groups attached to an aromatic ring is 1. The first-order chi connectivity index (χ1) is 11.9. The molecule has 0 aromatic heterocycles. The first kappa shape index (κ1) is 18.3. The van der Waals surface area contributed by atoms with Crippen LogP contribution in [0.25, 0.3) is 0 Å². The van der Waals surface area contributed by atoms with E-state index in [2.05, 4.69) is 0 Å². The summed E-state index contributed by atoms with van der Waals surface area (Å²) in [6.07, 6.45) is -4.30. The summed E-state index contributed by atoms with van der Waals surface area (Å²) in [5.41, 5.74) is 7.06. The van der Waals surface area contributed by atoms with Crippen LogP contribution in [0.4, 0.5) is 18.9 Å². The summed E-state index contributed by atoms with van der Waals surface area (Å²) in [5.74, 6) is 0. The number of nitrogens with two attached hydrogens (primary N) is 1. The highest BCUT2D eigenvalue weighted by Crippen LogP contribution is 2.29. The minimum atomic E-state index is -4.30. The Balaban J connectivity index is 0.000000186. The van der Waals surface area contributed by atoms with Crippen molar-refractivity contribution in [3.8, 4) is 0 Å². The highest BCUT2D eigenvalue weighted by atomic mass is 19.4. The van der Waals surface area contributed by atoms with Crippen molar-refractivity contribution in [1.82, 2.24) is 0 Å². The molecule has 0 aliphatic carbocycles. The van der Waals surface area contributed by atoms with Gasteiger partial charge in [-0.25, -0.2) is 0 Å². The zero-order valence-electron chi connectivity index (χ0n) is 13.3.